The van der Waals surface area contributed by atoms with E-state index in [1.54, 1.807) is 6.07 Å². The van der Waals surface area contributed by atoms with Crippen LogP contribution in [0.15, 0.2) is 30.3 Å². The first-order valence-corrected chi connectivity index (χ1v) is 3.48. The lowest BCUT2D eigenvalue weighted by Gasteiger charge is -1.94. The fraction of sp³-hybridized carbons (Fsp3) is 0.100. The summed E-state index contributed by atoms with van der Waals surface area (Å²) in [6.07, 6.45) is 5.67. The van der Waals surface area contributed by atoms with Crippen LogP contribution < -0.4 is 0 Å². The van der Waals surface area contributed by atoms with Crippen molar-refractivity contribution in [1.82, 2.24) is 0 Å². The molecule has 1 heteroatoms. The monoisotopic (exact) mass is 145 g/mol. The Morgan fingerprint density at radius 1 is 1.36 bits per heavy atom. The van der Waals surface area contributed by atoms with E-state index in [0.29, 0.717) is 5.56 Å². The van der Waals surface area contributed by atoms with Crippen molar-refractivity contribution < 1.29 is 4.79 Å². The molecule has 55 valence electrons. The van der Waals surface area contributed by atoms with Gasteiger partial charge in [-0.2, -0.15) is 0 Å². The number of hydrogen-bond donors (Lipinski definition) is 0. The highest BCUT2D eigenvalue weighted by molar-refractivity contribution is 5.81. The van der Waals surface area contributed by atoms with E-state index in [1.807, 2.05) is 43.6 Å². The zero-order valence-electron chi connectivity index (χ0n) is 6.37. The Balaban J connectivity index is 3.11. The van der Waals surface area contributed by atoms with Crippen molar-refractivity contribution >= 4 is 12.4 Å². The van der Waals surface area contributed by atoms with E-state index in [-0.39, 0.29) is 0 Å². The molecule has 0 saturated carbocycles. The summed E-state index contributed by atoms with van der Waals surface area (Å²) in [5.74, 6) is 0. The van der Waals surface area contributed by atoms with Crippen LogP contribution in [0.4, 0.5) is 0 Å². The third kappa shape index (κ3) is 1.77. The lowest BCUT2D eigenvalue weighted by Crippen LogP contribution is -1.83. The summed E-state index contributed by atoms with van der Waals surface area (Å²) in [4.78, 5) is 10.3. The zero-order chi connectivity index (χ0) is 8.10. The molecule has 0 fully saturated rings. The Bertz CT molecular complexity index is 274. The molecule has 0 aliphatic rings. The molecule has 0 spiro atoms. The summed E-state index contributed by atoms with van der Waals surface area (Å²) in [6.45, 7) is 1.92. The van der Waals surface area contributed by atoms with E-state index in [1.165, 1.54) is 0 Å². The number of benzene rings is 1. The van der Waals surface area contributed by atoms with Gasteiger partial charge >= 0.3 is 0 Å². The van der Waals surface area contributed by atoms with Crippen molar-refractivity contribution in [3.8, 4) is 0 Å². The summed E-state index contributed by atoms with van der Waals surface area (Å²) in [5.41, 5.74) is 1.54. The quantitative estimate of drug-likeness (QED) is 0.623. The second-order valence-corrected chi connectivity index (χ2v) is 2.19. The van der Waals surface area contributed by atoms with Crippen molar-refractivity contribution in [2.45, 2.75) is 6.92 Å². The standard InChI is InChI=1S/C10H9O/c1-2-5-9-6-3-4-7-10(9)8-11/h2-7H,1H3. The molecule has 0 atom stereocenters. The van der Waals surface area contributed by atoms with Crippen molar-refractivity contribution in [3.05, 3.63) is 41.5 Å². The minimum absolute atomic E-state index is 0.616. The Morgan fingerprint density at radius 2 is 2.09 bits per heavy atom. The fourth-order valence-corrected chi connectivity index (χ4v) is 0.915. The molecule has 0 aliphatic heterocycles. The van der Waals surface area contributed by atoms with Crippen LogP contribution in [-0.2, 0) is 4.79 Å². The molecular formula is C10H9O. The molecule has 0 aliphatic carbocycles. The van der Waals surface area contributed by atoms with Crippen LogP contribution in [0.3, 0.4) is 0 Å². The number of rotatable bonds is 2. The Hall–Kier alpha value is -1.37. The molecule has 0 aromatic heterocycles. The fourth-order valence-electron chi connectivity index (χ4n) is 0.915. The summed E-state index contributed by atoms with van der Waals surface area (Å²) in [6, 6.07) is 7.37. The number of carbonyl (C=O) groups excluding carboxylic acids is 1. The highest BCUT2D eigenvalue weighted by Crippen LogP contribution is 2.07. The first kappa shape index (κ1) is 7.73. The molecule has 1 nitrogen and oxygen atoms in total. The van der Waals surface area contributed by atoms with Crippen LogP contribution >= 0.6 is 0 Å². The summed E-state index contributed by atoms with van der Waals surface area (Å²) >= 11 is 0. The Labute approximate surface area is 66.4 Å². The average molecular weight is 145 g/mol. The van der Waals surface area contributed by atoms with Crippen LogP contribution in [0, 0.1) is 0 Å². The van der Waals surface area contributed by atoms with Crippen molar-refractivity contribution in [1.29, 1.82) is 0 Å². The predicted molar refractivity (Wildman–Crippen MR) is 45.9 cm³/mol. The molecule has 1 aromatic carbocycles. The SMILES string of the molecule is CC=Cc1ccccc1[C]=O. The van der Waals surface area contributed by atoms with E-state index in [0.717, 1.165) is 5.56 Å². The van der Waals surface area contributed by atoms with Gasteiger partial charge in [-0.25, -0.2) is 0 Å². The van der Waals surface area contributed by atoms with Gasteiger partial charge in [0.05, 0.1) is 0 Å². The molecule has 0 heterocycles. The maximum Gasteiger partial charge on any atom is 0.234 e. The summed E-state index contributed by atoms with van der Waals surface area (Å²) in [7, 11) is 0. The maximum absolute atomic E-state index is 10.3. The third-order valence-corrected chi connectivity index (χ3v) is 1.42. The minimum atomic E-state index is 0.616. The molecule has 1 radical (unpaired) electrons. The molecular weight excluding hydrogens is 136 g/mol. The maximum atomic E-state index is 10.3. The first-order chi connectivity index (χ1) is 5.38. The molecule has 0 amide bonds. The van der Waals surface area contributed by atoms with Gasteiger partial charge in [-0.3, -0.25) is 4.79 Å². The van der Waals surface area contributed by atoms with E-state index >= 15 is 0 Å². The first-order valence-electron chi connectivity index (χ1n) is 3.48. The number of hydrogen-bond acceptors (Lipinski definition) is 1. The van der Waals surface area contributed by atoms with Gasteiger partial charge in [0.25, 0.3) is 0 Å². The minimum Gasteiger partial charge on any atom is -0.285 e. The average Bonchev–Trinajstić information content (AvgIpc) is 2.06. The van der Waals surface area contributed by atoms with E-state index in [4.69, 9.17) is 0 Å². The molecule has 0 bridgehead atoms. The van der Waals surface area contributed by atoms with Gasteiger partial charge in [0.2, 0.25) is 6.29 Å². The highest BCUT2D eigenvalue weighted by Gasteiger charge is 1.94. The molecule has 11 heavy (non-hydrogen) atoms. The second-order valence-electron chi connectivity index (χ2n) is 2.19. The third-order valence-electron chi connectivity index (χ3n) is 1.42. The lowest BCUT2D eigenvalue weighted by molar-refractivity contribution is 0.562. The van der Waals surface area contributed by atoms with Gasteiger partial charge in [0.15, 0.2) is 0 Å². The van der Waals surface area contributed by atoms with Crippen molar-refractivity contribution in [2.24, 2.45) is 0 Å². The van der Waals surface area contributed by atoms with Gasteiger partial charge in [0, 0.05) is 5.56 Å². The van der Waals surface area contributed by atoms with E-state index < -0.39 is 0 Å². The Kier molecular flexibility index (Phi) is 2.61. The molecule has 0 unspecified atom stereocenters. The largest absolute Gasteiger partial charge is 0.285 e. The van der Waals surface area contributed by atoms with Gasteiger partial charge in [-0.05, 0) is 12.5 Å². The highest BCUT2D eigenvalue weighted by atomic mass is 16.1. The van der Waals surface area contributed by atoms with Crippen LogP contribution in [0.5, 0.6) is 0 Å². The molecule has 1 aromatic rings. The second kappa shape index (κ2) is 3.71. The summed E-state index contributed by atoms with van der Waals surface area (Å²) < 4.78 is 0. The van der Waals surface area contributed by atoms with Crippen LogP contribution in [0.2, 0.25) is 0 Å². The van der Waals surface area contributed by atoms with Crippen LogP contribution in [0.25, 0.3) is 6.08 Å². The van der Waals surface area contributed by atoms with Crippen LogP contribution in [-0.4, -0.2) is 6.29 Å². The number of allylic oxidation sites excluding steroid dienone is 1. The van der Waals surface area contributed by atoms with Gasteiger partial charge in [-0.15, -0.1) is 0 Å². The van der Waals surface area contributed by atoms with Gasteiger partial charge in [-0.1, -0.05) is 36.4 Å². The molecule has 1 rings (SSSR count). The van der Waals surface area contributed by atoms with Crippen molar-refractivity contribution in [3.63, 3.8) is 0 Å². The topological polar surface area (TPSA) is 17.1 Å². The van der Waals surface area contributed by atoms with Crippen molar-refractivity contribution in [2.75, 3.05) is 0 Å². The molecule has 0 N–H and O–H groups in total. The molecule has 0 saturated heterocycles. The predicted octanol–water partition coefficient (Wildman–Crippen LogP) is 2.18. The smallest absolute Gasteiger partial charge is 0.234 e. The van der Waals surface area contributed by atoms with Gasteiger partial charge < -0.3 is 0 Å². The van der Waals surface area contributed by atoms with E-state index in [2.05, 4.69) is 0 Å². The normalized spacial score (nSPS) is 10.3. The lowest BCUT2D eigenvalue weighted by atomic mass is 10.1. The van der Waals surface area contributed by atoms with Gasteiger partial charge in [0.1, 0.15) is 0 Å². The zero-order valence-corrected chi connectivity index (χ0v) is 6.37. The van der Waals surface area contributed by atoms with E-state index in [9.17, 15) is 4.79 Å². The van der Waals surface area contributed by atoms with Crippen LogP contribution in [0.1, 0.15) is 18.1 Å². The Morgan fingerprint density at radius 3 is 2.73 bits per heavy atom. The summed E-state index contributed by atoms with van der Waals surface area (Å²) in [5, 5.41) is 0.